The summed E-state index contributed by atoms with van der Waals surface area (Å²) in [6, 6.07) is 12.4. The number of hydrogen-bond acceptors (Lipinski definition) is 4. The Morgan fingerprint density at radius 2 is 1.81 bits per heavy atom. The minimum absolute atomic E-state index is 0.211. The van der Waals surface area contributed by atoms with Gasteiger partial charge in [0.15, 0.2) is 6.61 Å². The van der Waals surface area contributed by atoms with Gasteiger partial charge >= 0.3 is 0 Å². The SMILES string of the molecule is CCCCOc1ccccc1C(=O)NNC(=O)COc1ccc(Br)cc1C. The molecule has 2 rings (SSSR count). The van der Waals surface area contributed by atoms with Gasteiger partial charge in [-0.15, -0.1) is 0 Å². The Morgan fingerprint density at radius 3 is 2.56 bits per heavy atom. The summed E-state index contributed by atoms with van der Waals surface area (Å²) in [6.07, 6.45) is 1.90. The number of para-hydroxylation sites is 1. The summed E-state index contributed by atoms with van der Waals surface area (Å²) in [4.78, 5) is 24.3. The minimum atomic E-state index is -0.463. The van der Waals surface area contributed by atoms with Crippen molar-refractivity contribution in [3.63, 3.8) is 0 Å². The fourth-order valence-electron chi connectivity index (χ4n) is 2.25. The molecule has 0 spiro atoms. The van der Waals surface area contributed by atoms with Crippen LogP contribution in [0, 0.1) is 6.92 Å². The van der Waals surface area contributed by atoms with E-state index in [1.54, 1.807) is 30.3 Å². The molecule has 0 saturated heterocycles. The van der Waals surface area contributed by atoms with Gasteiger partial charge in [0.2, 0.25) is 0 Å². The highest BCUT2D eigenvalue weighted by Gasteiger charge is 2.13. The zero-order valence-electron chi connectivity index (χ0n) is 15.4. The van der Waals surface area contributed by atoms with Crippen LogP contribution in [0.25, 0.3) is 0 Å². The maximum Gasteiger partial charge on any atom is 0.276 e. The maximum absolute atomic E-state index is 12.3. The molecule has 2 aromatic carbocycles. The van der Waals surface area contributed by atoms with Gasteiger partial charge in [-0.2, -0.15) is 0 Å². The van der Waals surface area contributed by atoms with Crippen LogP contribution in [0.5, 0.6) is 11.5 Å². The lowest BCUT2D eigenvalue weighted by Crippen LogP contribution is -2.44. The zero-order valence-corrected chi connectivity index (χ0v) is 17.0. The van der Waals surface area contributed by atoms with E-state index in [-0.39, 0.29) is 6.61 Å². The normalized spacial score (nSPS) is 10.2. The standard InChI is InChI=1S/C20H23BrN2O4/c1-3-4-11-26-18-8-6-5-7-16(18)20(25)23-22-19(24)13-27-17-10-9-15(21)12-14(17)2/h5-10,12H,3-4,11,13H2,1-2H3,(H,22,24)(H,23,25). The molecule has 0 aliphatic heterocycles. The molecule has 2 amide bonds. The van der Waals surface area contributed by atoms with Gasteiger partial charge in [0.05, 0.1) is 12.2 Å². The first-order chi connectivity index (χ1) is 13.0. The number of carbonyl (C=O) groups is 2. The van der Waals surface area contributed by atoms with Gasteiger partial charge in [0.1, 0.15) is 11.5 Å². The first kappa shape index (κ1) is 20.8. The molecule has 6 nitrogen and oxygen atoms in total. The van der Waals surface area contributed by atoms with Crippen molar-refractivity contribution in [2.45, 2.75) is 26.7 Å². The number of aryl methyl sites for hydroxylation is 1. The van der Waals surface area contributed by atoms with Gasteiger partial charge in [0.25, 0.3) is 11.8 Å². The lowest BCUT2D eigenvalue weighted by atomic mass is 10.2. The van der Waals surface area contributed by atoms with E-state index in [2.05, 4.69) is 33.7 Å². The Morgan fingerprint density at radius 1 is 1.04 bits per heavy atom. The summed E-state index contributed by atoms with van der Waals surface area (Å²) >= 11 is 3.37. The second kappa shape index (κ2) is 10.6. The average molecular weight is 435 g/mol. The number of ether oxygens (including phenoxy) is 2. The van der Waals surface area contributed by atoms with Crippen LogP contribution in [0.4, 0.5) is 0 Å². The van der Waals surface area contributed by atoms with Crippen molar-refractivity contribution >= 4 is 27.7 Å². The summed E-state index contributed by atoms with van der Waals surface area (Å²) in [5.74, 6) is 0.180. The average Bonchev–Trinajstić information content (AvgIpc) is 2.66. The monoisotopic (exact) mass is 434 g/mol. The predicted molar refractivity (Wildman–Crippen MR) is 107 cm³/mol. The third-order valence-electron chi connectivity index (χ3n) is 3.70. The highest BCUT2D eigenvalue weighted by Crippen LogP contribution is 2.22. The van der Waals surface area contributed by atoms with E-state index in [0.717, 1.165) is 22.9 Å². The van der Waals surface area contributed by atoms with Gasteiger partial charge in [0, 0.05) is 4.47 Å². The molecule has 0 saturated carbocycles. The van der Waals surface area contributed by atoms with Crippen molar-refractivity contribution in [2.24, 2.45) is 0 Å². The van der Waals surface area contributed by atoms with Crippen LogP contribution < -0.4 is 20.3 Å². The summed E-state index contributed by atoms with van der Waals surface area (Å²) in [5.41, 5.74) is 5.99. The van der Waals surface area contributed by atoms with E-state index in [9.17, 15) is 9.59 Å². The highest BCUT2D eigenvalue weighted by molar-refractivity contribution is 9.10. The van der Waals surface area contributed by atoms with Crippen LogP contribution in [0.15, 0.2) is 46.9 Å². The molecule has 0 heterocycles. The number of unbranched alkanes of at least 4 members (excludes halogenated alkanes) is 1. The first-order valence-corrected chi connectivity index (χ1v) is 9.50. The number of amides is 2. The number of hydrazine groups is 1. The molecule has 2 N–H and O–H groups in total. The first-order valence-electron chi connectivity index (χ1n) is 8.71. The summed E-state index contributed by atoms with van der Waals surface area (Å²) in [5, 5.41) is 0. The number of rotatable bonds is 8. The Balaban J connectivity index is 1.85. The van der Waals surface area contributed by atoms with E-state index in [1.807, 2.05) is 19.1 Å². The van der Waals surface area contributed by atoms with Crippen LogP contribution in [-0.2, 0) is 4.79 Å². The van der Waals surface area contributed by atoms with E-state index in [0.29, 0.717) is 23.7 Å². The van der Waals surface area contributed by atoms with Gasteiger partial charge in [-0.1, -0.05) is 41.4 Å². The second-order valence-electron chi connectivity index (χ2n) is 5.90. The van der Waals surface area contributed by atoms with Crippen molar-refractivity contribution in [2.75, 3.05) is 13.2 Å². The number of halogens is 1. The van der Waals surface area contributed by atoms with Crippen LogP contribution in [0.2, 0.25) is 0 Å². The minimum Gasteiger partial charge on any atom is -0.493 e. The Kier molecular flexibility index (Phi) is 8.13. The predicted octanol–water partition coefficient (Wildman–Crippen LogP) is 3.78. The van der Waals surface area contributed by atoms with Crippen LogP contribution in [-0.4, -0.2) is 25.0 Å². The molecule has 2 aromatic rings. The molecule has 0 aliphatic rings. The third-order valence-corrected chi connectivity index (χ3v) is 4.19. The highest BCUT2D eigenvalue weighted by atomic mass is 79.9. The zero-order chi connectivity index (χ0) is 19.6. The van der Waals surface area contributed by atoms with E-state index in [4.69, 9.17) is 9.47 Å². The van der Waals surface area contributed by atoms with Crippen molar-refractivity contribution < 1.29 is 19.1 Å². The van der Waals surface area contributed by atoms with E-state index >= 15 is 0 Å². The second-order valence-corrected chi connectivity index (χ2v) is 6.81. The Bertz CT molecular complexity index is 795. The Hall–Kier alpha value is -2.54. The smallest absolute Gasteiger partial charge is 0.276 e. The lowest BCUT2D eigenvalue weighted by molar-refractivity contribution is -0.123. The molecule has 0 bridgehead atoms. The molecular weight excluding hydrogens is 412 g/mol. The van der Waals surface area contributed by atoms with Crippen molar-refractivity contribution in [1.29, 1.82) is 0 Å². The third kappa shape index (κ3) is 6.60. The van der Waals surface area contributed by atoms with Crippen molar-refractivity contribution in [1.82, 2.24) is 10.9 Å². The fourth-order valence-corrected chi connectivity index (χ4v) is 2.73. The van der Waals surface area contributed by atoms with Crippen LogP contribution in [0.1, 0.15) is 35.7 Å². The number of nitrogens with one attached hydrogen (secondary N) is 2. The summed E-state index contributed by atoms with van der Waals surface area (Å²) in [6.45, 7) is 4.27. The maximum atomic E-state index is 12.3. The molecule has 0 fully saturated rings. The summed E-state index contributed by atoms with van der Waals surface area (Å²) in [7, 11) is 0. The number of carbonyl (C=O) groups excluding carboxylic acids is 2. The molecule has 0 radical (unpaired) electrons. The van der Waals surface area contributed by atoms with Gasteiger partial charge in [-0.05, 0) is 49.2 Å². The number of hydrogen-bond donors (Lipinski definition) is 2. The van der Waals surface area contributed by atoms with E-state index in [1.165, 1.54) is 0 Å². The summed E-state index contributed by atoms with van der Waals surface area (Å²) < 4.78 is 12.0. The topological polar surface area (TPSA) is 76.7 Å². The molecular formula is C20H23BrN2O4. The van der Waals surface area contributed by atoms with Crippen molar-refractivity contribution in [3.05, 3.63) is 58.1 Å². The van der Waals surface area contributed by atoms with E-state index < -0.39 is 11.8 Å². The quantitative estimate of drug-likeness (QED) is 0.489. The molecule has 27 heavy (non-hydrogen) atoms. The molecule has 144 valence electrons. The molecule has 0 aliphatic carbocycles. The lowest BCUT2D eigenvalue weighted by Gasteiger charge is -2.13. The molecule has 0 unspecified atom stereocenters. The molecule has 7 heteroatoms. The fraction of sp³-hybridized carbons (Fsp3) is 0.300. The van der Waals surface area contributed by atoms with Gasteiger partial charge < -0.3 is 9.47 Å². The van der Waals surface area contributed by atoms with Crippen molar-refractivity contribution in [3.8, 4) is 11.5 Å². The van der Waals surface area contributed by atoms with Crippen LogP contribution in [0.3, 0.4) is 0 Å². The van der Waals surface area contributed by atoms with Crippen LogP contribution >= 0.6 is 15.9 Å². The van der Waals surface area contributed by atoms with Gasteiger partial charge in [-0.3, -0.25) is 20.4 Å². The molecule has 0 aromatic heterocycles. The number of benzene rings is 2. The van der Waals surface area contributed by atoms with Gasteiger partial charge in [-0.25, -0.2) is 0 Å². The Labute approximate surface area is 167 Å². The molecule has 0 atom stereocenters. The largest absolute Gasteiger partial charge is 0.493 e.